The second kappa shape index (κ2) is 7.23. The van der Waals surface area contributed by atoms with Gasteiger partial charge in [0, 0.05) is 6.04 Å². The van der Waals surface area contributed by atoms with Gasteiger partial charge in [0.2, 0.25) is 0 Å². The van der Waals surface area contributed by atoms with Crippen LogP contribution < -0.4 is 10.1 Å². The number of hydrogen-bond acceptors (Lipinski definition) is 2. The Kier molecular flexibility index (Phi) is 5.34. The maximum Gasteiger partial charge on any atom is 0.165 e. The highest BCUT2D eigenvalue weighted by Crippen LogP contribution is 2.19. The molecular weight excluding hydrogens is 265 g/mol. The van der Waals surface area contributed by atoms with E-state index >= 15 is 0 Å². The van der Waals surface area contributed by atoms with Crippen molar-refractivity contribution < 1.29 is 9.13 Å². The van der Waals surface area contributed by atoms with E-state index in [1.165, 1.54) is 18.2 Å². The Labute approximate surface area is 126 Å². The molecule has 0 aromatic heterocycles. The smallest absolute Gasteiger partial charge is 0.165 e. The number of benzene rings is 2. The van der Waals surface area contributed by atoms with E-state index in [1.54, 1.807) is 12.1 Å². The summed E-state index contributed by atoms with van der Waals surface area (Å²) >= 11 is 0. The second-order valence-electron chi connectivity index (χ2n) is 5.35. The van der Waals surface area contributed by atoms with Crippen LogP contribution >= 0.6 is 0 Å². The van der Waals surface area contributed by atoms with Crippen LogP contribution in [0, 0.1) is 12.7 Å². The summed E-state index contributed by atoms with van der Waals surface area (Å²) < 4.78 is 18.7. The van der Waals surface area contributed by atoms with Crippen molar-refractivity contribution >= 4 is 0 Å². The molecule has 1 unspecified atom stereocenters. The Balaban J connectivity index is 2.07. The first-order valence-corrected chi connectivity index (χ1v) is 7.17. The molecule has 2 rings (SSSR count). The Morgan fingerprint density at radius 3 is 2.38 bits per heavy atom. The highest BCUT2D eigenvalue weighted by Gasteiger charge is 2.11. The molecule has 0 bridgehead atoms. The fourth-order valence-corrected chi connectivity index (χ4v) is 2.52. The van der Waals surface area contributed by atoms with E-state index in [2.05, 4.69) is 36.5 Å². The lowest BCUT2D eigenvalue weighted by molar-refractivity contribution is 0.386. The number of ether oxygens (including phenoxy) is 1. The first-order chi connectivity index (χ1) is 10.1. The van der Waals surface area contributed by atoms with Crippen LogP contribution in [0.4, 0.5) is 4.39 Å². The van der Waals surface area contributed by atoms with Crippen molar-refractivity contribution in [3.63, 3.8) is 0 Å². The average molecular weight is 287 g/mol. The molecule has 3 heteroatoms. The van der Waals surface area contributed by atoms with Crippen molar-refractivity contribution in [2.24, 2.45) is 0 Å². The van der Waals surface area contributed by atoms with E-state index in [0.29, 0.717) is 5.75 Å². The minimum Gasteiger partial charge on any atom is -0.494 e. The van der Waals surface area contributed by atoms with Crippen LogP contribution in [-0.4, -0.2) is 20.2 Å². The van der Waals surface area contributed by atoms with Gasteiger partial charge < -0.3 is 10.1 Å². The molecule has 1 atom stereocenters. The standard InChI is InChI=1S/C18H22FNO/c1-13-5-4-6-14(9-13)10-16(20-2)11-15-7-8-18(21-3)17(19)12-15/h4-9,12,16,20H,10-11H2,1-3H3. The van der Waals surface area contributed by atoms with Crippen molar-refractivity contribution in [3.05, 3.63) is 65.0 Å². The van der Waals surface area contributed by atoms with Crippen molar-refractivity contribution in [2.45, 2.75) is 25.8 Å². The SMILES string of the molecule is CNC(Cc1cccc(C)c1)Cc1ccc(OC)c(F)c1. The topological polar surface area (TPSA) is 21.3 Å². The third-order valence-electron chi connectivity index (χ3n) is 3.67. The van der Waals surface area contributed by atoms with E-state index in [-0.39, 0.29) is 11.9 Å². The maximum absolute atomic E-state index is 13.7. The van der Waals surface area contributed by atoms with Gasteiger partial charge in [-0.25, -0.2) is 4.39 Å². The lowest BCUT2D eigenvalue weighted by Crippen LogP contribution is -2.30. The van der Waals surface area contributed by atoms with Gasteiger partial charge >= 0.3 is 0 Å². The average Bonchev–Trinajstić information content (AvgIpc) is 2.47. The predicted molar refractivity (Wildman–Crippen MR) is 84.4 cm³/mol. The van der Waals surface area contributed by atoms with Crippen molar-refractivity contribution in [1.82, 2.24) is 5.32 Å². The van der Waals surface area contributed by atoms with Gasteiger partial charge in [0.05, 0.1) is 7.11 Å². The molecular formula is C18H22FNO. The first kappa shape index (κ1) is 15.5. The molecule has 0 aliphatic carbocycles. The predicted octanol–water partition coefficient (Wildman–Crippen LogP) is 3.52. The Morgan fingerprint density at radius 2 is 1.81 bits per heavy atom. The lowest BCUT2D eigenvalue weighted by atomic mass is 9.98. The summed E-state index contributed by atoms with van der Waals surface area (Å²) in [6, 6.07) is 13.9. The van der Waals surface area contributed by atoms with Crippen LogP contribution in [0.15, 0.2) is 42.5 Å². The molecule has 0 fully saturated rings. The van der Waals surface area contributed by atoms with Gasteiger partial charge in [0.15, 0.2) is 11.6 Å². The molecule has 112 valence electrons. The highest BCUT2D eigenvalue weighted by molar-refractivity contribution is 5.30. The van der Waals surface area contributed by atoms with E-state index in [0.717, 1.165) is 18.4 Å². The van der Waals surface area contributed by atoms with Crippen LogP contribution in [0.5, 0.6) is 5.75 Å². The number of aryl methyl sites for hydroxylation is 1. The van der Waals surface area contributed by atoms with Crippen molar-refractivity contribution in [1.29, 1.82) is 0 Å². The Morgan fingerprint density at radius 1 is 1.10 bits per heavy atom. The third-order valence-corrected chi connectivity index (χ3v) is 3.67. The third kappa shape index (κ3) is 4.30. The van der Waals surface area contributed by atoms with Crippen LogP contribution in [0.2, 0.25) is 0 Å². The monoisotopic (exact) mass is 287 g/mol. The normalized spacial score (nSPS) is 12.2. The quantitative estimate of drug-likeness (QED) is 0.878. The highest BCUT2D eigenvalue weighted by atomic mass is 19.1. The second-order valence-corrected chi connectivity index (χ2v) is 5.35. The van der Waals surface area contributed by atoms with E-state index < -0.39 is 0 Å². The summed E-state index contributed by atoms with van der Waals surface area (Å²) in [6.45, 7) is 2.09. The molecule has 0 spiro atoms. The van der Waals surface area contributed by atoms with E-state index in [9.17, 15) is 4.39 Å². The summed E-state index contributed by atoms with van der Waals surface area (Å²) in [5.41, 5.74) is 3.53. The van der Waals surface area contributed by atoms with Crippen LogP contribution in [-0.2, 0) is 12.8 Å². The Bertz CT molecular complexity index is 598. The van der Waals surface area contributed by atoms with Crippen molar-refractivity contribution in [2.75, 3.05) is 14.2 Å². The van der Waals surface area contributed by atoms with Gasteiger partial charge in [0.25, 0.3) is 0 Å². The molecule has 2 aromatic rings. The summed E-state index contributed by atoms with van der Waals surface area (Å²) in [6.07, 6.45) is 1.71. The molecule has 0 saturated carbocycles. The summed E-state index contributed by atoms with van der Waals surface area (Å²) in [5, 5.41) is 3.31. The lowest BCUT2D eigenvalue weighted by Gasteiger charge is -2.17. The van der Waals surface area contributed by atoms with Gasteiger partial charge in [-0.15, -0.1) is 0 Å². The molecule has 0 saturated heterocycles. The molecule has 0 amide bonds. The number of rotatable bonds is 6. The molecule has 2 nitrogen and oxygen atoms in total. The van der Waals surface area contributed by atoms with Crippen LogP contribution in [0.1, 0.15) is 16.7 Å². The molecule has 0 aliphatic rings. The number of halogens is 1. The van der Waals surface area contributed by atoms with Crippen molar-refractivity contribution in [3.8, 4) is 5.75 Å². The minimum absolute atomic E-state index is 0.277. The first-order valence-electron chi connectivity index (χ1n) is 7.17. The number of likely N-dealkylation sites (N-methyl/N-ethyl adjacent to an activating group) is 1. The zero-order valence-electron chi connectivity index (χ0n) is 12.8. The van der Waals surface area contributed by atoms with Gasteiger partial charge in [-0.05, 0) is 50.1 Å². The molecule has 0 radical (unpaired) electrons. The van der Waals surface area contributed by atoms with Crippen LogP contribution in [0.3, 0.4) is 0 Å². The zero-order valence-corrected chi connectivity index (χ0v) is 12.8. The maximum atomic E-state index is 13.7. The number of methoxy groups -OCH3 is 1. The number of hydrogen-bond donors (Lipinski definition) is 1. The van der Waals surface area contributed by atoms with Crippen LogP contribution in [0.25, 0.3) is 0 Å². The molecule has 2 aromatic carbocycles. The summed E-state index contributed by atoms with van der Waals surface area (Å²) in [7, 11) is 3.42. The fraction of sp³-hybridized carbons (Fsp3) is 0.333. The molecule has 21 heavy (non-hydrogen) atoms. The minimum atomic E-state index is -0.305. The van der Waals surface area contributed by atoms with Gasteiger partial charge in [-0.2, -0.15) is 0 Å². The van der Waals surface area contributed by atoms with E-state index in [1.807, 2.05) is 13.1 Å². The largest absolute Gasteiger partial charge is 0.494 e. The molecule has 0 aliphatic heterocycles. The Hall–Kier alpha value is -1.87. The molecule has 1 N–H and O–H groups in total. The number of nitrogens with one attached hydrogen (secondary N) is 1. The van der Waals surface area contributed by atoms with Gasteiger partial charge in [-0.1, -0.05) is 35.9 Å². The molecule has 0 heterocycles. The fourth-order valence-electron chi connectivity index (χ4n) is 2.52. The van der Waals surface area contributed by atoms with Gasteiger partial charge in [0.1, 0.15) is 0 Å². The van der Waals surface area contributed by atoms with E-state index in [4.69, 9.17) is 4.74 Å². The zero-order chi connectivity index (χ0) is 15.2. The van der Waals surface area contributed by atoms with Gasteiger partial charge in [-0.3, -0.25) is 0 Å². The summed E-state index contributed by atoms with van der Waals surface area (Å²) in [4.78, 5) is 0. The summed E-state index contributed by atoms with van der Waals surface area (Å²) in [5.74, 6) is -0.0150.